The van der Waals surface area contributed by atoms with Gasteiger partial charge in [-0.1, -0.05) is 96.6 Å². The van der Waals surface area contributed by atoms with Crippen molar-refractivity contribution >= 4 is 21.7 Å². The molecule has 0 amide bonds. The number of aliphatic imine (C=N–C) groups is 1. The maximum Gasteiger partial charge on any atom is 0.332 e. The van der Waals surface area contributed by atoms with E-state index in [-0.39, 0.29) is 10.5 Å². The lowest BCUT2D eigenvalue weighted by molar-refractivity contribution is -0.142. The SMILES string of the molecule is COC(=O)[C@@H](N=C(c1ccccc1)c1ccccc1)[C@@H](NS(=O)(=O)c1ccc(C)cc1)c1ccccc1F. The first-order valence-electron chi connectivity index (χ1n) is 11.9. The molecule has 4 aromatic rings. The molecule has 38 heavy (non-hydrogen) atoms. The lowest BCUT2D eigenvalue weighted by Gasteiger charge is -2.25. The molecule has 0 heterocycles. The first-order valence-corrected chi connectivity index (χ1v) is 13.4. The second-order valence-corrected chi connectivity index (χ2v) is 10.3. The zero-order chi connectivity index (χ0) is 27.1. The van der Waals surface area contributed by atoms with Gasteiger partial charge in [-0.2, -0.15) is 0 Å². The Morgan fingerprint density at radius 1 is 0.816 bits per heavy atom. The zero-order valence-electron chi connectivity index (χ0n) is 20.9. The standard InChI is InChI=1S/C30H27FN2O4S/c1-21-17-19-24(20-18-21)38(35,36)33-28(25-15-9-10-16-26(25)31)29(30(34)37-2)32-27(22-11-5-3-6-12-22)23-13-7-4-8-14-23/h3-20,28-29,33H,1-2H3/t28-,29-/m0/s1. The topological polar surface area (TPSA) is 84.8 Å². The number of carbonyl (C=O) groups is 1. The van der Waals surface area contributed by atoms with Crippen LogP contribution in [0.5, 0.6) is 0 Å². The average molecular weight is 531 g/mol. The normalized spacial score (nSPS) is 12.8. The van der Waals surface area contributed by atoms with Gasteiger partial charge >= 0.3 is 5.97 Å². The van der Waals surface area contributed by atoms with Crippen LogP contribution in [-0.2, 0) is 19.6 Å². The summed E-state index contributed by atoms with van der Waals surface area (Å²) in [6.45, 7) is 1.84. The molecular weight excluding hydrogens is 503 g/mol. The first kappa shape index (κ1) is 26.9. The van der Waals surface area contributed by atoms with Gasteiger partial charge < -0.3 is 4.74 Å². The Kier molecular flexibility index (Phi) is 8.45. The maximum absolute atomic E-state index is 15.1. The highest BCUT2D eigenvalue weighted by atomic mass is 32.2. The number of ether oxygens (including phenoxy) is 1. The minimum Gasteiger partial charge on any atom is -0.467 e. The van der Waals surface area contributed by atoms with Crippen LogP contribution < -0.4 is 4.72 Å². The van der Waals surface area contributed by atoms with E-state index < -0.39 is 33.9 Å². The third kappa shape index (κ3) is 6.22. The van der Waals surface area contributed by atoms with E-state index in [1.165, 1.54) is 37.4 Å². The smallest absolute Gasteiger partial charge is 0.332 e. The summed E-state index contributed by atoms with van der Waals surface area (Å²) < 4.78 is 49.6. The van der Waals surface area contributed by atoms with Crippen molar-refractivity contribution in [3.63, 3.8) is 0 Å². The Morgan fingerprint density at radius 3 is 1.87 bits per heavy atom. The van der Waals surface area contributed by atoms with E-state index in [1.54, 1.807) is 18.2 Å². The summed E-state index contributed by atoms with van der Waals surface area (Å²) in [4.78, 5) is 17.9. The molecule has 194 valence electrons. The summed E-state index contributed by atoms with van der Waals surface area (Å²) in [5.41, 5.74) is 2.66. The van der Waals surface area contributed by atoms with Crippen LogP contribution in [0.1, 0.15) is 28.3 Å². The van der Waals surface area contributed by atoms with Crippen molar-refractivity contribution in [2.75, 3.05) is 7.11 Å². The van der Waals surface area contributed by atoms with Gasteiger partial charge in [0, 0.05) is 16.7 Å². The monoisotopic (exact) mass is 530 g/mol. The van der Waals surface area contributed by atoms with Gasteiger partial charge in [0.05, 0.1) is 23.8 Å². The van der Waals surface area contributed by atoms with Gasteiger partial charge in [-0.25, -0.2) is 22.3 Å². The molecule has 0 spiro atoms. The van der Waals surface area contributed by atoms with Crippen LogP contribution in [0.2, 0.25) is 0 Å². The van der Waals surface area contributed by atoms with Crippen molar-refractivity contribution in [3.05, 3.63) is 137 Å². The Balaban J connectivity index is 1.91. The number of benzene rings is 4. The number of carbonyl (C=O) groups excluding carboxylic acids is 1. The molecule has 8 heteroatoms. The number of esters is 1. The van der Waals surface area contributed by atoms with Crippen molar-refractivity contribution in [3.8, 4) is 0 Å². The molecule has 0 aromatic heterocycles. The first-order chi connectivity index (χ1) is 18.3. The highest BCUT2D eigenvalue weighted by molar-refractivity contribution is 7.89. The second-order valence-electron chi connectivity index (χ2n) is 8.61. The number of halogens is 1. The van der Waals surface area contributed by atoms with Crippen LogP contribution in [0.25, 0.3) is 0 Å². The Morgan fingerprint density at radius 2 is 1.34 bits per heavy atom. The summed E-state index contributed by atoms with van der Waals surface area (Å²) in [6, 6.07) is 27.4. The number of sulfonamides is 1. The third-order valence-electron chi connectivity index (χ3n) is 5.97. The molecular formula is C30H27FN2O4S. The minimum absolute atomic E-state index is 0.0247. The Bertz CT molecular complexity index is 1480. The number of hydrogen-bond donors (Lipinski definition) is 1. The van der Waals surface area contributed by atoms with Crippen molar-refractivity contribution < 1.29 is 22.3 Å². The van der Waals surface area contributed by atoms with Gasteiger partial charge in [-0.05, 0) is 25.1 Å². The predicted molar refractivity (Wildman–Crippen MR) is 145 cm³/mol. The molecule has 0 bridgehead atoms. The number of methoxy groups -OCH3 is 1. The third-order valence-corrected chi connectivity index (χ3v) is 7.43. The molecule has 4 aromatic carbocycles. The van der Waals surface area contributed by atoms with Crippen LogP contribution in [0.15, 0.2) is 119 Å². The average Bonchev–Trinajstić information content (AvgIpc) is 2.94. The summed E-state index contributed by atoms with van der Waals surface area (Å²) in [5.74, 6) is -1.51. The van der Waals surface area contributed by atoms with Gasteiger partial charge in [0.25, 0.3) is 0 Å². The van der Waals surface area contributed by atoms with Crippen LogP contribution in [-0.4, -0.2) is 33.3 Å². The number of nitrogens with one attached hydrogen (secondary N) is 1. The fourth-order valence-corrected chi connectivity index (χ4v) is 5.23. The fourth-order valence-electron chi connectivity index (χ4n) is 4.01. The van der Waals surface area contributed by atoms with E-state index in [0.717, 1.165) is 5.56 Å². The van der Waals surface area contributed by atoms with Gasteiger partial charge in [0.2, 0.25) is 10.0 Å². The highest BCUT2D eigenvalue weighted by Gasteiger charge is 2.36. The minimum atomic E-state index is -4.19. The molecule has 0 radical (unpaired) electrons. The molecule has 0 fully saturated rings. The van der Waals surface area contributed by atoms with E-state index in [4.69, 9.17) is 9.73 Å². The molecule has 0 unspecified atom stereocenters. The number of rotatable bonds is 9. The summed E-state index contributed by atoms with van der Waals surface area (Å²) >= 11 is 0. The number of nitrogens with zero attached hydrogens (tertiary/aromatic N) is 1. The Hall–Kier alpha value is -4.14. The van der Waals surface area contributed by atoms with E-state index in [1.807, 2.05) is 67.6 Å². The van der Waals surface area contributed by atoms with Crippen LogP contribution in [0, 0.1) is 12.7 Å². The molecule has 0 aliphatic carbocycles. The van der Waals surface area contributed by atoms with E-state index in [2.05, 4.69) is 4.72 Å². The Labute approximate surface area is 221 Å². The van der Waals surface area contributed by atoms with Crippen LogP contribution in [0.4, 0.5) is 4.39 Å². The van der Waals surface area contributed by atoms with Gasteiger partial charge in [0.1, 0.15) is 5.82 Å². The quantitative estimate of drug-likeness (QED) is 0.237. The van der Waals surface area contributed by atoms with Gasteiger partial charge in [-0.3, -0.25) is 4.99 Å². The van der Waals surface area contributed by atoms with Gasteiger partial charge in [-0.15, -0.1) is 0 Å². The lowest BCUT2D eigenvalue weighted by atomic mass is 9.97. The molecule has 2 atom stereocenters. The lowest BCUT2D eigenvalue weighted by Crippen LogP contribution is -2.41. The highest BCUT2D eigenvalue weighted by Crippen LogP contribution is 2.27. The van der Waals surface area contributed by atoms with Crippen molar-refractivity contribution in [2.45, 2.75) is 23.9 Å². The largest absolute Gasteiger partial charge is 0.467 e. The number of hydrogen-bond acceptors (Lipinski definition) is 5. The van der Waals surface area contributed by atoms with Crippen molar-refractivity contribution in [2.24, 2.45) is 4.99 Å². The number of aryl methyl sites for hydroxylation is 1. The van der Waals surface area contributed by atoms with Crippen molar-refractivity contribution in [1.29, 1.82) is 0 Å². The van der Waals surface area contributed by atoms with Crippen molar-refractivity contribution in [1.82, 2.24) is 4.72 Å². The molecule has 1 N–H and O–H groups in total. The predicted octanol–water partition coefficient (Wildman–Crippen LogP) is 5.23. The molecule has 6 nitrogen and oxygen atoms in total. The zero-order valence-corrected chi connectivity index (χ0v) is 21.7. The summed E-state index contributed by atoms with van der Waals surface area (Å²) in [5, 5.41) is 0. The molecule has 0 saturated carbocycles. The van der Waals surface area contributed by atoms with Gasteiger partial charge in [0.15, 0.2) is 6.04 Å². The summed E-state index contributed by atoms with van der Waals surface area (Å²) in [6.07, 6.45) is 0. The molecule has 0 saturated heterocycles. The van der Waals surface area contributed by atoms with E-state index in [0.29, 0.717) is 16.8 Å². The van der Waals surface area contributed by atoms with E-state index >= 15 is 4.39 Å². The second kappa shape index (κ2) is 11.9. The summed E-state index contributed by atoms with van der Waals surface area (Å²) in [7, 11) is -3.00. The van der Waals surface area contributed by atoms with Crippen LogP contribution in [0.3, 0.4) is 0 Å². The molecule has 0 aliphatic rings. The van der Waals surface area contributed by atoms with E-state index in [9.17, 15) is 13.2 Å². The fraction of sp³-hybridized carbons (Fsp3) is 0.133. The maximum atomic E-state index is 15.1. The van der Waals surface area contributed by atoms with Crippen LogP contribution >= 0.6 is 0 Å². The molecule has 4 rings (SSSR count). The molecule has 0 aliphatic heterocycles.